The van der Waals surface area contributed by atoms with Crippen LogP contribution < -0.4 is 0 Å². The average Bonchev–Trinajstić information content (AvgIpc) is 2.32. The fourth-order valence-electron chi connectivity index (χ4n) is 1.65. The molecule has 17 heavy (non-hydrogen) atoms. The summed E-state index contributed by atoms with van der Waals surface area (Å²) in [5.41, 5.74) is 0. The lowest BCUT2D eigenvalue weighted by atomic mass is 10.1. The quantitative estimate of drug-likeness (QED) is 0.299. The summed E-state index contributed by atoms with van der Waals surface area (Å²) in [6.07, 6.45) is 14.6. The van der Waals surface area contributed by atoms with Crippen LogP contribution in [-0.4, -0.2) is 12.6 Å². The molecule has 2 nitrogen and oxygen atoms in total. The van der Waals surface area contributed by atoms with Crippen LogP contribution in [0, 0.1) is 0 Å². The van der Waals surface area contributed by atoms with Crippen molar-refractivity contribution in [3.8, 4) is 0 Å². The zero-order valence-corrected chi connectivity index (χ0v) is 11.5. The highest BCUT2D eigenvalue weighted by molar-refractivity contribution is 5.69. The summed E-state index contributed by atoms with van der Waals surface area (Å²) in [7, 11) is 0. The molecule has 0 amide bonds. The third-order valence-electron chi connectivity index (χ3n) is 2.69. The van der Waals surface area contributed by atoms with E-state index >= 15 is 0 Å². The first-order valence-electron chi connectivity index (χ1n) is 7.11. The minimum absolute atomic E-state index is 0.0864. The molecule has 0 radical (unpaired) electrons. The summed E-state index contributed by atoms with van der Waals surface area (Å²) in [6, 6.07) is 0. The lowest BCUT2D eigenvalue weighted by Crippen LogP contribution is -2.02. The van der Waals surface area contributed by atoms with E-state index in [-0.39, 0.29) is 5.97 Å². The predicted molar refractivity (Wildman–Crippen MR) is 73.0 cm³/mol. The smallest absolute Gasteiger partial charge is 0.306 e. The normalized spacial score (nSPS) is 10.9. The number of esters is 1. The largest absolute Gasteiger partial charge is 0.461 e. The van der Waals surface area contributed by atoms with Crippen molar-refractivity contribution in [2.75, 3.05) is 6.61 Å². The van der Waals surface area contributed by atoms with Crippen molar-refractivity contribution in [2.45, 2.75) is 71.6 Å². The van der Waals surface area contributed by atoms with Crippen LogP contribution in [-0.2, 0) is 9.53 Å². The summed E-state index contributed by atoms with van der Waals surface area (Å²) in [5.74, 6) is -0.0864. The highest BCUT2D eigenvalue weighted by Gasteiger charge is 1.96. The van der Waals surface area contributed by atoms with Gasteiger partial charge in [0.1, 0.15) is 6.61 Å². The van der Waals surface area contributed by atoms with Crippen molar-refractivity contribution in [2.24, 2.45) is 0 Å². The molecule has 0 unspecified atom stereocenters. The average molecular weight is 240 g/mol. The highest BCUT2D eigenvalue weighted by atomic mass is 16.5. The molecule has 0 atom stereocenters. The number of hydrogen-bond donors (Lipinski definition) is 0. The highest BCUT2D eigenvalue weighted by Crippen LogP contribution is 2.07. The van der Waals surface area contributed by atoms with E-state index in [1.807, 2.05) is 13.0 Å². The third-order valence-corrected chi connectivity index (χ3v) is 2.69. The van der Waals surface area contributed by atoms with Crippen LogP contribution >= 0.6 is 0 Å². The second kappa shape index (κ2) is 13.3. The van der Waals surface area contributed by atoms with Crippen molar-refractivity contribution >= 4 is 5.97 Å². The summed E-state index contributed by atoms with van der Waals surface area (Å²) in [4.78, 5) is 11.0. The molecule has 0 aromatic rings. The third kappa shape index (κ3) is 13.1. The van der Waals surface area contributed by atoms with Gasteiger partial charge in [0.25, 0.3) is 0 Å². The minimum atomic E-state index is -0.0864. The standard InChI is InChI=1S/C15H28O2/c1-3-5-6-7-8-9-10-11-12-14-17-15(16)13-4-2/h11-12H,3-10,13-14H2,1-2H3. The first-order chi connectivity index (χ1) is 8.31. The van der Waals surface area contributed by atoms with E-state index in [1.165, 1.54) is 38.5 Å². The Bertz CT molecular complexity index is 197. The molecule has 2 heteroatoms. The van der Waals surface area contributed by atoms with E-state index in [1.54, 1.807) is 0 Å². The number of carbonyl (C=O) groups is 1. The Morgan fingerprint density at radius 1 is 0.941 bits per heavy atom. The van der Waals surface area contributed by atoms with Gasteiger partial charge in [-0.15, -0.1) is 0 Å². The molecule has 0 saturated carbocycles. The van der Waals surface area contributed by atoms with Gasteiger partial charge >= 0.3 is 5.97 Å². The second-order valence-electron chi connectivity index (χ2n) is 4.46. The van der Waals surface area contributed by atoms with Crippen molar-refractivity contribution in [3.05, 3.63) is 12.2 Å². The van der Waals surface area contributed by atoms with Crippen molar-refractivity contribution in [1.82, 2.24) is 0 Å². The van der Waals surface area contributed by atoms with Gasteiger partial charge < -0.3 is 4.74 Å². The Balaban J connectivity index is 3.17. The topological polar surface area (TPSA) is 26.3 Å². The SMILES string of the molecule is CCCCCCCCC=CCOC(=O)CCC. The lowest BCUT2D eigenvalue weighted by molar-refractivity contribution is -0.142. The lowest BCUT2D eigenvalue weighted by Gasteiger charge is -1.99. The molecule has 0 aliphatic carbocycles. The molecular formula is C15H28O2. The fourth-order valence-corrected chi connectivity index (χ4v) is 1.65. The molecule has 0 spiro atoms. The molecule has 0 saturated heterocycles. The summed E-state index contributed by atoms with van der Waals surface area (Å²) in [5, 5.41) is 0. The van der Waals surface area contributed by atoms with Gasteiger partial charge in [0.15, 0.2) is 0 Å². The van der Waals surface area contributed by atoms with Gasteiger partial charge in [0, 0.05) is 6.42 Å². The Labute approximate surface area is 106 Å². The van der Waals surface area contributed by atoms with Gasteiger partial charge in [-0.2, -0.15) is 0 Å². The number of carbonyl (C=O) groups excluding carboxylic acids is 1. The van der Waals surface area contributed by atoms with Crippen molar-refractivity contribution in [3.63, 3.8) is 0 Å². The molecule has 0 bridgehead atoms. The number of allylic oxidation sites excluding steroid dienone is 1. The van der Waals surface area contributed by atoms with Gasteiger partial charge in [-0.25, -0.2) is 0 Å². The summed E-state index contributed by atoms with van der Waals surface area (Å²) >= 11 is 0. The first-order valence-corrected chi connectivity index (χ1v) is 7.11. The molecule has 100 valence electrons. The number of hydrogen-bond acceptors (Lipinski definition) is 2. The van der Waals surface area contributed by atoms with Crippen LogP contribution in [0.5, 0.6) is 0 Å². The molecule has 0 fully saturated rings. The molecule has 0 aliphatic heterocycles. The monoisotopic (exact) mass is 240 g/mol. The molecular weight excluding hydrogens is 212 g/mol. The zero-order valence-electron chi connectivity index (χ0n) is 11.5. The van der Waals surface area contributed by atoms with Crippen LogP contribution in [0.25, 0.3) is 0 Å². The van der Waals surface area contributed by atoms with Crippen molar-refractivity contribution in [1.29, 1.82) is 0 Å². The van der Waals surface area contributed by atoms with E-state index in [0.717, 1.165) is 12.8 Å². The van der Waals surface area contributed by atoms with Crippen LogP contribution in [0.4, 0.5) is 0 Å². The summed E-state index contributed by atoms with van der Waals surface area (Å²) in [6.45, 7) is 4.66. The molecule has 0 heterocycles. The molecule has 0 rings (SSSR count). The van der Waals surface area contributed by atoms with Crippen LogP contribution in [0.3, 0.4) is 0 Å². The Morgan fingerprint density at radius 2 is 1.65 bits per heavy atom. The van der Waals surface area contributed by atoms with Gasteiger partial charge in [0.05, 0.1) is 0 Å². The van der Waals surface area contributed by atoms with Gasteiger partial charge in [-0.1, -0.05) is 58.1 Å². The first kappa shape index (κ1) is 16.2. The second-order valence-corrected chi connectivity index (χ2v) is 4.46. The fraction of sp³-hybridized carbons (Fsp3) is 0.800. The minimum Gasteiger partial charge on any atom is -0.461 e. The maximum atomic E-state index is 11.0. The molecule has 0 N–H and O–H groups in total. The van der Waals surface area contributed by atoms with E-state index < -0.39 is 0 Å². The van der Waals surface area contributed by atoms with Crippen LogP contribution in [0.1, 0.15) is 71.6 Å². The molecule has 0 aromatic heterocycles. The van der Waals surface area contributed by atoms with Crippen molar-refractivity contribution < 1.29 is 9.53 Å². The molecule has 0 aromatic carbocycles. The Morgan fingerprint density at radius 3 is 2.35 bits per heavy atom. The van der Waals surface area contributed by atoms with E-state index in [9.17, 15) is 4.79 Å². The van der Waals surface area contributed by atoms with Crippen LogP contribution in [0.15, 0.2) is 12.2 Å². The summed E-state index contributed by atoms with van der Waals surface area (Å²) < 4.78 is 5.02. The predicted octanol–water partition coefficient (Wildman–Crippen LogP) is 4.64. The zero-order chi connectivity index (χ0) is 12.8. The number of ether oxygens (including phenoxy) is 1. The Kier molecular flexibility index (Phi) is 12.7. The number of rotatable bonds is 11. The maximum Gasteiger partial charge on any atom is 0.306 e. The number of unbranched alkanes of at least 4 members (excludes halogenated alkanes) is 6. The molecule has 0 aliphatic rings. The van der Waals surface area contributed by atoms with E-state index in [0.29, 0.717) is 13.0 Å². The van der Waals surface area contributed by atoms with E-state index in [4.69, 9.17) is 4.74 Å². The Hall–Kier alpha value is -0.790. The van der Waals surface area contributed by atoms with Crippen LogP contribution in [0.2, 0.25) is 0 Å². The maximum absolute atomic E-state index is 11.0. The van der Waals surface area contributed by atoms with Gasteiger partial charge in [-0.05, 0) is 19.3 Å². The van der Waals surface area contributed by atoms with E-state index in [2.05, 4.69) is 13.0 Å². The van der Waals surface area contributed by atoms with Gasteiger partial charge in [0.2, 0.25) is 0 Å². The van der Waals surface area contributed by atoms with Gasteiger partial charge in [-0.3, -0.25) is 4.79 Å².